The van der Waals surface area contributed by atoms with Crippen LogP contribution in [0.1, 0.15) is 12.8 Å². The van der Waals surface area contributed by atoms with E-state index in [-0.39, 0.29) is 0 Å². The van der Waals surface area contributed by atoms with Crippen molar-refractivity contribution in [2.24, 2.45) is 9.98 Å². The van der Waals surface area contributed by atoms with Crippen molar-refractivity contribution in [3.05, 3.63) is 0 Å². The summed E-state index contributed by atoms with van der Waals surface area (Å²) >= 11 is 1.75. The molecular weight excluding hydrogens is 196 g/mol. The lowest BCUT2D eigenvalue weighted by molar-refractivity contribution is 0.750. The fourth-order valence-corrected chi connectivity index (χ4v) is 2.30. The van der Waals surface area contributed by atoms with E-state index >= 15 is 0 Å². The van der Waals surface area contributed by atoms with E-state index in [0.29, 0.717) is 0 Å². The average Bonchev–Trinajstić information content (AvgIpc) is 2.58. The van der Waals surface area contributed by atoms with Crippen molar-refractivity contribution < 1.29 is 0 Å². The molecule has 2 aliphatic rings. The Bertz CT molecular complexity index is 249. The van der Waals surface area contributed by atoms with E-state index in [1.807, 2.05) is 0 Å². The monoisotopic (exact) mass is 212 g/mol. The largest absolute Gasteiger partial charge is 0.371 e. The molecule has 2 rings (SSSR count). The van der Waals surface area contributed by atoms with Crippen molar-refractivity contribution in [1.82, 2.24) is 10.6 Å². The van der Waals surface area contributed by atoms with Crippen LogP contribution in [0.2, 0.25) is 0 Å². The summed E-state index contributed by atoms with van der Waals surface area (Å²) in [7, 11) is 0. The summed E-state index contributed by atoms with van der Waals surface area (Å²) in [6.07, 6.45) is 2.43. The highest BCUT2D eigenvalue weighted by Gasteiger charge is 2.08. The summed E-state index contributed by atoms with van der Waals surface area (Å²) < 4.78 is 0. The zero-order chi connectivity index (χ0) is 9.64. The third-order valence-electron chi connectivity index (χ3n) is 2.21. The minimum atomic E-state index is 0.922. The minimum Gasteiger partial charge on any atom is -0.371 e. The average molecular weight is 212 g/mol. The number of nitrogens with one attached hydrogen (secondary N) is 2. The predicted molar refractivity (Wildman–Crippen MR) is 62.3 cm³/mol. The van der Waals surface area contributed by atoms with Gasteiger partial charge in [-0.25, -0.2) is 0 Å². The van der Waals surface area contributed by atoms with E-state index in [1.54, 1.807) is 11.8 Å². The van der Waals surface area contributed by atoms with Crippen LogP contribution in [-0.2, 0) is 0 Å². The van der Waals surface area contributed by atoms with E-state index in [4.69, 9.17) is 0 Å². The lowest BCUT2D eigenvalue weighted by Crippen LogP contribution is -2.25. The molecule has 2 N–H and O–H groups in total. The fourth-order valence-electron chi connectivity index (χ4n) is 1.45. The summed E-state index contributed by atoms with van der Waals surface area (Å²) in [6, 6.07) is 0. The normalized spacial score (nSPS) is 21.7. The van der Waals surface area contributed by atoms with Gasteiger partial charge in [0.15, 0.2) is 5.17 Å². The van der Waals surface area contributed by atoms with Crippen LogP contribution in [0.4, 0.5) is 0 Å². The Balaban J connectivity index is 1.75. The Morgan fingerprint density at radius 2 is 2.07 bits per heavy atom. The van der Waals surface area contributed by atoms with Gasteiger partial charge in [0, 0.05) is 19.6 Å². The number of thioether (sulfide) groups is 1. The summed E-state index contributed by atoms with van der Waals surface area (Å²) in [4.78, 5) is 8.82. The molecule has 0 aromatic rings. The first-order valence-corrected chi connectivity index (χ1v) is 6.12. The van der Waals surface area contributed by atoms with Crippen LogP contribution in [0.3, 0.4) is 0 Å². The maximum absolute atomic E-state index is 4.47. The third kappa shape index (κ3) is 2.90. The van der Waals surface area contributed by atoms with E-state index in [1.165, 1.54) is 12.8 Å². The Hall–Kier alpha value is -0.710. The number of hydrogen-bond donors (Lipinski definition) is 2. The maximum atomic E-state index is 4.47. The van der Waals surface area contributed by atoms with Gasteiger partial charge in [-0.1, -0.05) is 11.8 Å². The molecule has 78 valence electrons. The second kappa shape index (κ2) is 5.24. The van der Waals surface area contributed by atoms with Gasteiger partial charge < -0.3 is 10.6 Å². The van der Waals surface area contributed by atoms with Crippen LogP contribution in [0, 0.1) is 0 Å². The maximum Gasteiger partial charge on any atom is 0.156 e. The third-order valence-corrected chi connectivity index (χ3v) is 3.17. The van der Waals surface area contributed by atoms with Gasteiger partial charge in [-0.2, -0.15) is 0 Å². The quantitative estimate of drug-likeness (QED) is 0.699. The van der Waals surface area contributed by atoms with E-state index < -0.39 is 0 Å². The van der Waals surface area contributed by atoms with Crippen LogP contribution >= 0.6 is 11.8 Å². The Morgan fingerprint density at radius 1 is 1.07 bits per heavy atom. The topological polar surface area (TPSA) is 48.8 Å². The van der Waals surface area contributed by atoms with Crippen molar-refractivity contribution in [3.8, 4) is 0 Å². The lowest BCUT2D eigenvalue weighted by atomic mass is 10.3. The van der Waals surface area contributed by atoms with Crippen molar-refractivity contribution in [1.29, 1.82) is 0 Å². The van der Waals surface area contributed by atoms with Gasteiger partial charge in [0.2, 0.25) is 0 Å². The summed E-state index contributed by atoms with van der Waals surface area (Å²) in [5.74, 6) is 2.04. The van der Waals surface area contributed by atoms with Gasteiger partial charge >= 0.3 is 0 Å². The Labute approximate surface area is 88.7 Å². The molecule has 2 heterocycles. The Morgan fingerprint density at radius 3 is 2.93 bits per heavy atom. The van der Waals surface area contributed by atoms with E-state index in [9.17, 15) is 0 Å². The molecule has 0 fully saturated rings. The van der Waals surface area contributed by atoms with Crippen LogP contribution in [0.25, 0.3) is 0 Å². The highest BCUT2D eigenvalue weighted by Crippen LogP contribution is 2.07. The van der Waals surface area contributed by atoms with Crippen molar-refractivity contribution >= 4 is 22.8 Å². The number of aliphatic imine (C=N–C) groups is 2. The number of amidine groups is 2. The van der Waals surface area contributed by atoms with Gasteiger partial charge in [0.05, 0.1) is 12.3 Å². The molecule has 5 heteroatoms. The molecule has 0 saturated carbocycles. The van der Waals surface area contributed by atoms with Crippen molar-refractivity contribution in [3.63, 3.8) is 0 Å². The highest BCUT2D eigenvalue weighted by molar-refractivity contribution is 8.14. The first-order valence-electron chi connectivity index (χ1n) is 5.13. The fraction of sp³-hybridized carbons (Fsp3) is 0.778. The lowest BCUT2D eigenvalue weighted by Gasteiger charge is -2.06. The highest BCUT2D eigenvalue weighted by atomic mass is 32.2. The molecule has 4 nitrogen and oxygen atoms in total. The number of hydrogen-bond acceptors (Lipinski definition) is 5. The van der Waals surface area contributed by atoms with Gasteiger partial charge in [0.25, 0.3) is 0 Å². The van der Waals surface area contributed by atoms with Gasteiger partial charge in [-0.05, 0) is 12.8 Å². The summed E-state index contributed by atoms with van der Waals surface area (Å²) in [5, 5.41) is 7.68. The molecule has 0 radical (unpaired) electrons. The zero-order valence-electron chi connectivity index (χ0n) is 8.25. The SMILES string of the molecule is C1CCNC(SCC2=NCCN2)=NC1. The molecule has 2 aliphatic heterocycles. The van der Waals surface area contributed by atoms with E-state index in [2.05, 4.69) is 20.6 Å². The summed E-state index contributed by atoms with van der Waals surface area (Å²) in [5.41, 5.74) is 0. The molecule has 14 heavy (non-hydrogen) atoms. The van der Waals surface area contributed by atoms with Gasteiger partial charge in [-0.15, -0.1) is 0 Å². The number of rotatable bonds is 2. The molecule has 0 aromatic heterocycles. The standard InChI is InChI=1S/C9H16N4S/c1-2-4-13-9(12-3-1)14-7-8-10-5-6-11-8/h1-7H2,(H,10,11)(H,12,13). The van der Waals surface area contributed by atoms with Crippen molar-refractivity contribution in [2.75, 3.05) is 31.9 Å². The van der Waals surface area contributed by atoms with Crippen LogP contribution < -0.4 is 10.6 Å². The molecule has 0 aromatic carbocycles. The molecule has 0 aliphatic carbocycles. The van der Waals surface area contributed by atoms with Gasteiger partial charge in [-0.3, -0.25) is 9.98 Å². The molecular formula is C9H16N4S. The molecule has 0 spiro atoms. The zero-order valence-corrected chi connectivity index (χ0v) is 9.07. The van der Waals surface area contributed by atoms with E-state index in [0.717, 1.165) is 42.9 Å². The molecule has 0 unspecified atom stereocenters. The van der Waals surface area contributed by atoms with Gasteiger partial charge in [0.1, 0.15) is 5.84 Å². The first kappa shape index (κ1) is 9.83. The second-order valence-electron chi connectivity index (χ2n) is 3.36. The number of nitrogens with zero attached hydrogens (tertiary/aromatic N) is 2. The molecule has 0 bridgehead atoms. The van der Waals surface area contributed by atoms with Crippen LogP contribution in [0.15, 0.2) is 9.98 Å². The Kier molecular flexibility index (Phi) is 3.68. The molecule has 0 amide bonds. The molecule has 0 atom stereocenters. The smallest absolute Gasteiger partial charge is 0.156 e. The minimum absolute atomic E-state index is 0.922. The molecule has 0 saturated heterocycles. The van der Waals surface area contributed by atoms with Crippen LogP contribution in [-0.4, -0.2) is 42.9 Å². The summed E-state index contributed by atoms with van der Waals surface area (Å²) in [6.45, 7) is 3.95. The second-order valence-corrected chi connectivity index (χ2v) is 4.33. The first-order chi connectivity index (χ1) is 6.95. The predicted octanol–water partition coefficient (Wildman–Crippen LogP) is 0.461. The van der Waals surface area contributed by atoms with Crippen molar-refractivity contribution in [2.45, 2.75) is 12.8 Å². The van der Waals surface area contributed by atoms with Crippen LogP contribution in [0.5, 0.6) is 0 Å².